The summed E-state index contributed by atoms with van der Waals surface area (Å²) in [6.07, 6.45) is 1.02. The van der Waals surface area contributed by atoms with Gasteiger partial charge >= 0.3 is 0 Å². The van der Waals surface area contributed by atoms with Crippen molar-refractivity contribution in [2.45, 2.75) is 20.1 Å². The predicted octanol–water partition coefficient (Wildman–Crippen LogP) is 3.00. The highest BCUT2D eigenvalue weighted by Gasteiger charge is 2.15. The average Bonchev–Trinajstić information content (AvgIpc) is 2.51. The lowest BCUT2D eigenvalue weighted by Crippen LogP contribution is -2.07. The molecule has 74 valence electrons. The van der Waals surface area contributed by atoms with Gasteiger partial charge < -0.3 is 13.9 Å². The number of rotatable bonds is 5. The molecule has 0 aromatic carbocycles. The molecular weight excluding hydrogens is 192 g/mol. The molecule has 0 aliphatic carbocycles. The summed E-state index contributed by atoms with van der Waals surface area (Å²) >= 11 is 5.70. The molecule has 0 saturated carbocycles. The molecule has 0 spiro atoms. The van der Waals surface area contributed by atoms with Gasteiger partial charge in [-0.15, -0.1) is 0 Å². The maximum absolute atomic E-state index is 5.70. The summed E-state index contributed by atoms with van der Waals surface area (Å²) in [6.45, 7) is 4.94. The highest BCUT2D eigenvalue weighted by Crippen LogP contribution is 2.23. The van der Waals surface area contributed by atoms with Crippen LogP contribution in [-0.2, 0) is 9.47 Å². The molecule has 0 atom stereocenters. The summed E-state index contributed by atoms with van der Waals surface area (Å²) in [6, 6.07) is 1.69. The van der Waals surface area contributed by atoms with Crippen molar-refractivity contribution in [1.29, 1.82) is 0 Å². The molecule has 1 rings (SSSR count). The van der Waals surface area contributed by atoms with Crippen LogP contribution in [0.3, 0.4) is 0 Å². The summed E-state index contributed by atoms with van der Waals surface area (Å²) < 4.78 is 15.8. The van der Waals surface area contributed by atoms with Crippen molar-refractivity contribution in [3.05, 3.63) is 23.1 Å². The third-order valence-electron chi connectivity index (χ3n) is 1.46. The van der Waals surface area contributed by atoms with E-state index in [1.54, 1.807) is 6.07 Å². The van der Waals surface area contributed by atoms with E-state index in [0.29, 0.717) is 24.0 Å². The molecule has 0 unspecified atom stereocenters. The van der Waals surface area contributed by atoms with Crippen molar-refractivity contribution in [2.24, 2.45) is 0 Å². The zero-order chi connectivity index (χ0) is 9.68. The van der Waals surface area contributed by atoms with Gasteiger partial charge in [0.25, 0.3) is 0 Å². The first kappa shape index (κ1) is 10.6. The van der Waals surface area contributed by atoms with Crippen molar-refractivity contribution in [3.8, 4) is 0 Å². The molecule has 0 aliphatic heterocycles. The molecule has 1 aromatic rings. The second-order valence-corrected chi connectivity index (χ2v) is 2.85. The van der Waals surface area contributed by atoms with Gasteiger partial charge in [0.2, 0.25) is 6.29 Å². The minimum Gasteiger partial charge on any atom is -0.462 e. The SMILES string of the molecule is CCOC(OCC)c1cc(Cl)co1. The van der Waals surface area contributed by atoms with E-state index in [2.05, 4.69) is 0 Å². The lowest BCUT2D eigenvalue weighted by Gasteiger charge is -2.13. The van der Waals surface area contributed by atoms with Crippen LogP contribution in [0.4, 0.5) is 0 Å². The molecule has 3 nitrogen and oxygen atoms in total. The molecule has 0 radical (unpaired) electrons. The smallest absolute Gasteiger partial charge is 0.217 e. The van der Waals surface area contributed by atoms with Crippen LogP contribution in [0.5, 0.6) is 0 Å². The molecular formula is C9H13ClO3. The number of hydrogen-bond acceptors (Lipinski definition) is 3. The van der Waals surface area contributed by atoms with Crippen LogP contribution in [-0.4, -0.2) is 13.2 Å². The summed E-state index contributed by atoms with van der Waals surface area (Å²) in [5.41, 5.74) is 0. The number of hydrogen-bond donors (Lipinski definition) is 0. The third-order valence-corrected chi connectivity index (χ3v) is 1.65. The van der Waals surface area contributed by atoms with E-state index in [1.807, 2.05) is 13.8 Å². The first-order chi connectivity index (χ1) is 6.27. The molecule has 13 heavy (non-hydrogen) atoms. The highest BCUT2D eigenvalue weighted by atomic mass is 35.5. The van der Waals surface area contributed by atoms with Gasteiger partial charge in [-0.3, -0.25) is 0 Å². The van der Waals surface area contributed by atoms with E-state index < -0.39 is 6.29 Å². The van der Waals surface area contributed by atoms with Crippen LogP contribution >= 0.6 is 11.6 Å². The van der Waals surface area contributed by atoms with E-state index >= 15 is 0 Å². The Kier molecular flexibility index (Phi) is 4.28. The van der Waals surface area contributed by atoms with E-state index in [4.69, 9.17) is 25.5 Å². The zero-order valence-corrected chi connectivity index (χ0v) is 8.50. The largest absolute Gasteiger partial charge is 0.462 e. The molecule has 0 bridgehead atoms. The number of halogens is 1. The van der Waals surface area contributed by atoms with Crippen LogP contribution < -0.4 is 0 Å². The second-order valence-electron chi connectivity index (χ2n) is 2.41. The Hall–Kier alpha value is -0.510. The molecule has 0 aliphatic rings. The van der Waals surface area contributed by atoms with E-state index in [9.17, 15) is 0 Å². The second kappa shape index (κ2) is 5.27. The van der Waals surface area contributed by atoms with Crippen molar-refractivity contribution < 1.29 is 13.9 Å². The van der Waals surface area contributed by atoms with Crippen molar-refractivity contribution in [2.75, 3.05) is 13.2 Å². The fraction of sp³-hybridized carbons (Fsp3) is 0.556. The fourth-order valence-electron chi connectivity index (χ4n) is 0.967. The standard InChI is InChI=1S/C9H13ClO3/c1-3-11-9(12-4-2)8-5-7(10)6-13-8/h5-6,9H,3-4H2,1-2H3. The highest BCUT2D eigenvalue weighted by molar-refractivity contribution is 6.30. The molecule has 0 saturated heterocycles. The monoisotopic (exact) mass is 204 g/mol. The van der Waals surface area contributed by atoms with Gasteiger partial charge in [0.15, 0.2) is 5.76 Å². The number of ether oxygens (including phenoxy) is 2. The summed E-state index contributed by atoms with van der Waals surface area (Å²) in [5, 5.41) is 0.555. The van der Waals surface area contributed by atoms with Gasteiger partial charge in [0, 0.05) is 19.3 Å². The average molecular weight is 205 g/mol. The fourth-order valence-corrected chi connectivity index (χ4v) is 1.12. The summed E-state index contributed by atoms with van der Waals surface area (Å²) in [4.78, 5) is 0. The molecule has 0 fully saturated rings. The Morgan fingerprint density at radius 2 is 2.00 bits per heavy atom. The Morgan fingerprint density at radius 1 is 1.38 bits per heavy atom. The lowest BCUT2D eigenvalue weighted by atomic mass is 10.4. The Balaban J connectivity index is 2.63. The lowest BCUT2D eigenvalue weighted by molar-refractivity contribution is -0.150. The van der Waals surface area contributed by atoms with Gasteiger partial charge in [0.1, 0.15) is 6.26 Å². The van der Waals surface area contributed by atoms with Crippen molar-refractivity contribution >= 4 is 11.6 Å². The zero-order valence-electron chi connectivity index (χ0n) is 7.75. The van der Waals surface area contributed by atoms with E-state index in [1.165, 1.54) is 6.26 Å². The quantitative estimate of drug-likeness (QED) is 0.691. The minimum absolute atomic E-state index is 0.442. The van der Waals surface area contributed by atoms with Crippen LogP contribution in [0, 0.1) is 0 Å². The molecule has 1 aromatic heterocycles. The van der Waals surface area contributed by atoms with E-state index in [-0.39, 0.29) is 0 Å². The minimum atomic E-state index is -0.442. The summed E-state index contributed by atoms with van der Waals surface area (Å²) in [7, 11) is 0. The third kappa shape index (κ3) is 3.03. The van der Waals surface area contributed by atoms with E-state index in [0.717, 1.165) is 0 Å². The van der Waals surface area contributed by atoms with Gasteiger partial charge in [-0.2, -0.15) is 0 Å². The predicted molar refractivity (Wildman–Crippen MR) is 49.7 cm³/mol. The Morgan fingerprint density at radius 3 is 2.38 bits per heavy atom. The van der Waals surface area contributed by atoms with Crippen molar-refractivity contribution in [1.82, 2.24) is 0 Å². The Bertz CT molecular complexity index is 241. The van der Waals surface area contributed by atoms with Gasteiger partial charge in [-0.25, -0.2) is 0 Å². The van der Waals surface area contributed by atoms with Crippen LogP contribution in [0.1, 0.15) is 25.9 Å². The molecule has 1 heterocycles. The molecule has 0 N–H and O–H groups in total. The van der Waals surface area contributed by atoms with Gasteiger partial charge in [-0.05, 0) is 13.8 Å². The topological polar surface area (TPSA) is 31.6 Å². The number of furan rings is 1. The molecule has 4 heteroatoms. The van der Waals surface area contributed by atoms with Crippen LogP contribution in [0.15, 0.2) is 16.7 Å². The summed E-state index contributed by atoms with van der Waals surface area (Å²) in [5.74, 6) is 0.605. The van der Waals surface area contributed by atoms with Crippen molar-refractivity contribution in [3.63, 3.8) is 0 Å². The molecule has 0 amide bonds. The maximum atomic E-state index is 5.70. The first-order valence-corrected chi connectivity index (χ1v) is 4.62. The van der Waals surface area contributed by atoms with Gasteiger partial charge in [-0.1, -0.05) is 11.6 Å². The van der Waals surface area contributed by atoms with Crippen LogP contribution in [0.25, 0.3) is 0 Å². The normalized spacial score (nSPS) is 11.1. The first-order valence-electron chi connectivity index (χ1n) is 4.25. The maximum Gasteiger partial charge on any atom is 0.217 e. The van der Waals surface area contributed by atoms with Crippen LogP contribution in [0.2, 0.25) is 5.02 Å². The Labute approximate surface area is 82.6 Å². The van der Waals surface area contributed by atoms with Gasteiger partial charge in [0.05, 0.1) is 5.02 Å².